The molecule has 32 heavy (non-hydrogen) atoms. The minimum absolute atomic E-state index is 0.0345. The summed E-state index contributed by atoms with van der Waals surface area (Å²) in [6.45, 7) is 2.02. The van der Waals surface area contributed by atoms with E-state index in [9.17, 15) is 9.59 Å². The molecular weight excluding hydrogens is 408 g/mol. The maximum Gasteiger partial charge on any atom is 0.315 e. The molecule has 10 nitrogen and oxygen atoms in total. The molecule has 3 heterocycles. The Hall–Kier alpha value is -4.78. The van der Waals surface area contributed by atoms with Gasteiger partial charge in [0.2, 0.25) is 0 Å². The van der Waals surface area contributed by atoms with Crippen molar-refractivity contribution in [2.24, 2.45) is 0 Å². The van der Waals surface area contributed by atoms with E-state index in [2.05, 4.69) is 25.7 Å². The maximum atomic E-state index is 12.3. The van der Waals surface area contributed by atoms with Crippen LogP contribution in [-0.2, 0) is 16.1 Å². The first kappa shape index (κ1) is 20.5. The third-order valence-corrected chi connectivity index (χ3v) is 4.79. The number of amides is 2. The Morgan fingerprint density at radius 3 is 2.75 bits per heavy atom. The predicted octanol–water partition coefficient (Wildman–Crippen LogP) is 2.48. The molecule has 0 aliphatic heterocycles. The number of hydrogen-bond acceptors (Lipinski definition) is 7. The zero-order valence-corrected chi connectivity index (χ0v) is 17.0. The van der Waals surface area contributed by atoms with Gasteiger partial charge in [0, 0.05) is 41.4 Å². The van der Waals surface area contributed by atoms with Crippen molar-refractivity contribution < 1.29 is 9.59 Å². The van der Waals surface area contributed by atoms with Gasteiger partial charge in [-0.2, -0.15) is 10.4 Å². The molecule has 158 valence electrons. The van der Waals surface area contributed by atoms with Crippen LogP contribution < -0.4 is 16.4 Å². The second kappa shape index (κ2) is 8.53. The summed E-state index contributed by atoms with van der Waals surface area (Å²) in [5, 5.41) is 19.0. The van der Waals surface area contributed by atoms with Crippen molar-refractivity contribution in [2.75, 3.05) is 16.4 Å². The molecule has 4 N–H and O–H groups in total. The lowest BCUT2D eigenvalue weighted by molar-refractivity contribution is -0.133. The largest absolute Gasteiger partial charge is 0.398 e. The topological polar surface area (TPSA) is 152 Å². The number of carbonyl (C=O) groups excluding carboxylic acids is 2. The molecule has 10 heteroatoms. The van der Waals surface area contributed by atoms with E-state index in [-0.39, 0.29) is 12.4 Å². The van der Waals surface area contributed by atoms with Crippen LogP contribution in [0.3, 0.4) is 0 Å². The third-order valence-electron chi connectivity index (χ3n) is 4.79. The molecule has 0 bridgehead atoms. The van der Waals surface area contributed by atoms with Gasteiger partial charge in [-0.05, 0) is 47.7 Å². The predicted molar refractivity (Wildman–Crippen MR) is 119 cm³/mol. The van der Waals surface area contributed by atoms with Gasteiger partial charge in [0.25, 0.3) is 0 Å². The first-order valence-electron chi connectivity index (χ1n) is 9.56. The average Bonchev–Trinajstić information content (AvgIpc) is 3.21. The van der Waals surface area contributed by atoms with E-state index in [0.717, 1.165) is 27.5 Å². The number of aryl methyl sites for hydroxylation is 1. The first-order valence-corrected chi connectivity index (χ1v) is 9.56. The first-order chi connectivity index (χ1) is 15.4. The summed E-state index contributed by atoms with van der Waals surface area (Å²) in [5.74, 6) is -1.57. The van der Waals surface area contributed by atoms with Gasteiger partial charge in [-0.3, -0.25) is 19.3 Å². The lowest BCUT2D eigenvalue weighted by Crippen LogP contribution is -2.29. The highest BCUT2D eigenvalue weighted by atomic mass is 16.2. The molecule has 0 spiro atoms. The second-order valence-corrected chi connectivity index (χ2v) is 7.04. The summed E-state index contributed by atoms with van der Waals surface area (Å²) in [4.78, 5) is 32.9. The van der Waals surface area contributed by atoms with E-state index in [4.69, 9.17) is 11.0 Å². The molecule has 0 atom stereocenters. The molecule has 0 unspecified atom stereocenters. The summed E-state index contributed by atoms with van der Waals surface area (Å²) < 4.78 is 1.34. The number of rotatable bonds is 4. The molecular formula is C22H18N8O2. The lowest BCUT2D eigenvalue weighted by atomic mass is 9.99. The van der Waals surface area contributed by atoms with Gasteiger partial charge in [-0.1, -0.05) is 0 Å². The van der Waals surface area contributed by atoms with Gasteiger partial charge in [-0.25, -0.2) is 4.98 Å². The van der Waals surface area contributed by atoms with E-state index in [1.54, 1.807) is 24.7 Å². The number of nitrogens with zero attached hydrogens (tertiary/aromatic N) is 5. The number of benzene rings is 1. The molecule has 0 saturated carbocycles. The SMILES string of the molecule is Cc1ccncc1-c1cc(N)c2cnc(NC(=O)C(=O)Nc3cnn(CC#N)c3)cc2c1. The number of anilines is 3. The summed E-state index contributed by atoms with van der Waals surface area (Å²) in [6.07, 6.45) is 7.84. The number of nitrogen functional groups attached to an aromatic ring is 1. The van der Waals surface area contributed by atoms with Crippen molar-refractivity contribution in [3.63, 3.8) is 0 Å². The van der Waals surface area contributed by atoms with E-state index < -0.39 is 11.8 Å². The lowest BCUT2D eigenvalue weighted by Gasteiger charge is -2.11. The number of aromatic nitrogens is 4. The van der Waals surface area contributed by atoms with Crippen molar-refractivity contribution in [1.82, 2.24) is 19.7 Å². The Bertz CT molecular complexity index is 1390. The Morgan fingerprint density at radius 1 is 1.16 bits per heavy atom. The standard InChI is InChI=1S/C22H18N8O2/c1-13-2-4-25-10-17(13)14-6-15-8-20(26-11-18(15)19(24)7-14)29-22(32)21(31)28-16-9-27-30(12-16)5-3-23/h2,4,6-12H,5,24H2,1H3,(H,28,31)(H,26,29,32). The van der Waals surface area contributed by atoms with Crippen LogP contribution >= 0.6 is 0 Å². The number of nitrogens with one attached hydrogen (secondary N) is 2. The summed E-state index contributed by atoms with van der Waals surface area (Å²) >= 11 is 0. The van der Waals surface area contributed by atoms with Crippen molar-refractivity contribution in [3.8, 4) is 17.2 Å². The molecule has 0 aliphatic carbocycles. The quantitative estimate of drug-likeness (QED) is 0.335. The van der Waals surface area contributed by atoms with Crippen LogP contribution in [0.5, 0.6) is 0 Å². The Kier molecular flexibility index (Phi) is 5.46. The van der Waals surface area contributed by atoms with Crippen LogP contribution in [0.1, 0.15) is 5.56 Å². The fraction of sp³-hybridized carbons (Fsp3) is 0.0909. The number of carbonyl (C=O) groups is 2. The summed E-state index contributed by atoms with van der Waals surface area (Å²) in [7, 11) is 0. The van der Waals surface area contributed by atoms with Gasteiger partial charge < -0.3 is 16.4 Å². The minimum Gasteiger partial charge on any atom is -0.398 e. The number of nitrogens with two attached hydrogens (primary N) is 1. The van der Waals surface area contributed by atoms with Crippen molar-refractivity contribution in [2.45, 2.75) is 13.5 Å². The van der Waals surface area contributed by atoms with Gasteiger partial charge in [0.15, 0.2) is 0 Å². The average molecular weight is 426 g/mol. The van der Waals surface area contributed by atoms with Crippen molar-refractivity contribution in [3.05, 3.63) is 60.8 Å². The maximum absolute atomic E-state index is 12.3. The monoisotopic (exact) mass is 426 g/mol. The highest BCUT2D eigenvalue weighted by molar-refractivity contribution is 6.43. The summed E-state index contributed by atoms with van der Waals surface area (Å²) in [5.41, 5.74) is 9.94. The van der Waals surface area contributed by atoms with Gasteiger partial charge >= 0.3 is 11.8 Å². The third kappa shape index (κ3) is 4.22. The van der Waals surface area contributed by atoms with Gasteiger partial charge in [0.1, 0.15) is 12.4 Å². The van der Waals surface area contributed by atoms with Crippen molar-refractivity contribution in [1.29, 1.82) is 5.26 Å². The molecule has 2 amide bonds. The smallest absolute Gasteiger partial charge is 0.315 e. The minimum atomic E-state index is -0.892. The molecule has 4 aromatic rings. The van der Waals surface area contributed by atoms with Crippen LogP contribution in [0.25, 0.3) is 21.9 Å². The van der Waals surface area contributed by atoms with Crippen LogP contribution in [-0.4, -0.2) is 31.6 Å². The van der Waals surface area contributed by atoms with E-state index in [1.807, 2.05) is 31.2 Å². The van der Waals surface area contributed by atoms with Gasteiger partial charge in [-0.15, -0.1) is 0 Å². The summed E-state index contributed by atoms with van der Waals surface area (Å²) in [6, 6.07) is 9.27. The molecule has 0 radical (unpaired) electrons. The van der Waals surface area contributed by atoms with Crippen LogP contribution in [0.4, 0.5) is 17.2 Å². The molecule has 4 rings (SSSR count). The highest BCUT2D eigenvalue weighted by Crippen LogP contribution is 2.31. The van der Waals surface area contributed by atoms with E-state index in [1.165, 1.54) is 17.1 Å². The zero-order chi connectivity index (χ0) is 22.7. The number of pyridine rings is 2. The van der Waals surface area contributed by atoms with Gasteiger partial charge in [0.05, 0.1) is 18.0 Å². The Morgan fingerprint density at radius 2 is 1.97 bits per heavy atom. The zero-order valence-electron chi connectivity index (χ0n) is 17.0. The Balaban J connectivity index is 1.55. The molecule has 3 aromatic heterocycles. The van der Waals surface area contributed by atoms with E-state index >= 15 is 0 Å². The fourth-order valence-corrected chi connectivity index (χ4v) is 3.22. The highest BCUT2D eigenvalue weighted by Gasteiger charge is 2.16. The number of fused-ring (bicyclic) bond motifs is 1. The second-order valence-electron chi connectivity index (χ2n) is 7.04. The van der Waals surface area contributed by atoms with E-state index in [0.29, 0.717) is 11.4 Å². The molecule has 0 aliphatic rings. The molecule has 0 fully saturated rings. The number of nitriles is 1. The van der Waals surface area contributed by atoms with Crippen LogP contribution in [0.2, 0.25) is 0 Å². The van der Waals surface area contributed by atoms with Crippen molar-refractivity contribution >= 4 is 39.8 Å². The normalized spacial score (nSPS) is 10.5. The number of hydrogen-bond donors (Lipinski definition) is 3. The fourth-order valence-electron chi connectivity index (χ4n) is 3.22. The molecule has 0 saturated heterocycles. The Labute approximate surface area is 182 Å². The van der Waals surface area contributed by atoms with Crippen LogP contribution in [0, 0.1) is 18.3 Å². The molecule has 1 aromatic carbocycles. The van der Waals surface area contributed by atoms with Crippen LogP contribution in [0.15, 0.2) is 55.2 Å².